The van der Waals surface area contributed by atoms with Crippen LogP contribution >= 0.6 is 0 Å². The first kappa shape index (κ1) is 19.8. The van der Waals surface area contributed by atoms with Crippen LogP contribution in [0.5, 0.6) is 11.5 Å². The van der Waals surface area contributed by atoms with Crippen molar-refractivity contribution in [3.8, 4) is 11.5 Å². The Bertz CT molecular complexity index is 587. The molecular weight excluding hydrogens is 340 g/mol. The van der Waals surface area contributed by atoms with E-state index in [1.54, 1.807) is 7.05 Å². The van der Waals surface area contributed by atoms with Crippen LogP contribution in [0.1, 0.15) is 38.5 Å². The molecule has 0 radical (unpaired) electrons. The number of aliphatic imine (C=N–C) groups is 1. The van der Waals surface area contributed by atoms with Gasteiger partial charge in [-0.15, -0.1) is 0 Å². The van der Waals surface area contributed by atoms with E-state index >= 15 is 0 Å². The Morgan fingerprint density at radius 2 is 1.89 bits per heavy atom. The summed E-state index contributed by atoms with van der Waals surface area (Å²) in [5.74, 6) is 2.46. The number of fused-ring (bicyclic) bond motifs is 1. The summed E-state index contributed by atoms with van der Waals surface area (Å²) in [6.45, 7) is 6.02. The normalized spacial score (nSPS) is 20.3. The molecule has 2 N–H and O–H groups in total. The molecule has 27 heavy (non-hydrogen) atoms. The molecule has 0 aliphatic carbocycles. The second-order valence-corrected chi connectivity index (χ2v) is 7.34. The van der Waals surface area contributed by atoms with E-state index in [0.717, 1.165) is 24.0 Å². The molecular formula is C21H34N4O2. The maximum absolute atomic E-state index is 5.97. The van der Waals surface area contributed by atoms with Gasteiger partial charge in [0, 0.05) is 13.6 Å². The molecule has 2 aliphatic rings. The summed E-state index contributed by atoms with van der Waals surface area (Å²) in [6, 6.07) is 7.80. The van der Waals surface area contributed by atoms with Crippen molar-refractivity contribution in [1.82, 2.24) is 15.5 Å². The highest BCUT2D eigenvalue weighted by molar-refractivity contribution is 5.79. The van der Waals surface area contributed by atoms with Crippen molar-refractivity contribution >= 4 is 5.96 Å². The number of para-hydroxylation sites is 2. The SMILES string of the molecule is CN=C(NCCCCCN1CCCCC1)NCC1COc2ccccc2O1. The molecule has 2 aliphatic heterocycles. The number of unbranched alkanes of at least 4 members (excludes halogenated alkanes) is 2. The van der Waals surface area contributed by atoms with Gasteiger partial charge in [-0.25, -0.2) is 0 Å². The smallest absolute Gasteiger partial charge is 0.191 e. The van der Waals surface area contributed by atoms with Crippen LogP contribution < -0.4 is 20.1 Å². The van der Waals surface area contributed by atoms with Crippen LogP contribution in [0.4, 0.5) is 0 Å². The number of benzene rings is 1. The number of hydrogen-bond donors (Lipinski definition) is 2. The monoisotopic (exact) mass is 374 g/mol. The lowest BCUT2D eigenvalue weighted by atomic mass is 10.1. The van der Waals surface area contributed by atoms with Gasteiger partial charge in [-0.05, 0) is 57.5 Å². The van der Waals surface area contributed by atoms with E-state index in [4.69, 9.17) is 9.47 Å². The van der Waals surface area contributed by atoms with Gasteiger partial charge in [0.2, 0.25) is 0 Å². The molecule has 2 heterocycles. The summed E-state index contributed by atoms with van der Waals surface area (Å²) in [5.41, 5.74) is 0. The summed E-state index contributed by atoms with van der Waals surface area (Å²) in [5, 5.41) is 6.73. The van der Waals surface area contributed by atoms with Crippen LogP contribution in [0.2, 0.25) is 0 Å². The van der Waals surface area contributed by atoms with Crippen LogP contribution in [0, 0.1) is 0 Å². The molecule has 1 fully saturated rings. The maximum Gasteiger partial charge on any atom is 0.191 e. The minimum atomic E-state index is -0.0111. The van der Waals surface area contributed by atoms with E-state index in [1.807, 2.05) is 24.3 Å². The Labute approximate surface area is 163 Å². The van der Waals surface area contributed by atoms with E-state index in [-0.39, 0.29) is 6.10 Å². The van der Waals surface area contributed by atoms with Crippen molar-refractivity contribution in [2.75, 3.05) is 46.4 Å². The zero-order chi connectivity index (χ0) is 18.7. The van der Waals surface area contributed by atoms with Gasteiger partial charge < -0.3 is 25.0 Å². The molecule has 6 heteroatoms. The van der Waals surface area contributed by atoms with Gasteiger partial charge >= 0.3 is 0 Å². The Hall–Kier alpha value is -1.95. The summed E-state index contributed by atoms with van der Waals surface area (Å²) < 4.78 is 11.7. The van der Waals surface area contributed by atoms with Crippen LogP contribution in [0.15, 0.2) is 29.3 Å². The topological polar surface area (TPSA) is 58.1 Å². The minimum absolute atomic E-state index is 0.0111. The van der Waals surface area contributed by atoms with Crippen LogP contribution in [0.25, 0.3) is 0 Å². The van der Waals surface area contributed by atoms with Gasteiger partial charge in [-0.2, -0.15) is 0 Å². The summed E-state index contributed by atoms with van der Waals surface area (Å²) in [7, 11) is 1.80. The molecule has 0 amide bonds. The number of likely N-dealkylation sites (tertiary alicyclic amines) is 1. The molecule has 1 unspecified atom stereocenters. The molecule has 0 spiro atoms. The lowest BCUT2D eigenvalue weighted by molar-refractivity contribution is 0.0936. The van der Waals surface area contributed by atoms with E-state index < -0.39 is 0 Å². The fraction of sp³-hybridized carbons (Fsp3) is 0.667. The second-order valence-electron chi connectivity index (χ2n) is 7.34. The molecule has 1 saturated heterocycles. The summed E-state index contributed by atoms with van der Waals surface area (Å²) >= 11 is 0. The third kappa shape index (κ3) is 6.61. The highest BCUT2D eigenvalue weighted by Crippen LogP contribution is 2.30. The number of guanidine groups is 1. The van der Waals surface area contributed by atoms with Crippen LogP contribution in [-0.4, -0.2) is 63.3 Å². The van der Waals surface area contributed by atoms with Gasteiger partial charge in [-0.1, -0.05) is 25.0 Å². The third-order valence-electron chi connectivity index (χ3n) is 5.18. The lowest BCUT2D eigenvalue weighted by Crippen LogP contribution is -2.45. The van der Waals surface area contributed by atoms with Crippen molar-refractivity contribution < 1.29 is 9.47 Å². The zero-order valence-electron chi connectivity index (χ0n) is 16.6. The standard InChI is InChI=1S/C21H34N4O2/c1-22-21(23-12-6-2-7-13-25-14-8-3-9-15-25)24-16-18-17-26-19-10-4-5-11-20(19)27-18/h4-5,10-11,18H,2-3,6-9,12-17H2,1H3,(H2,22,23,24). The predicted octanol–water partition coefficient (Wildman–Crippen LogP) is 2.65. The highest BCUT2D eigenvalue weighted by Gasteiger charge is 2.20. The largest absolute Gasteiger partial charge is 0.486 e. The molecule has 0 aromatic heterocycles. The number of piperidine rings is 1. The van der Waals surface area contributed by atoms with Crippen LogP contribution in [0.3, 0.4) is 0 Å². The number of nitrogens with zero attached hydrogens (tertiary/aromatic N) is 2. The van der Waals surface area contributed by atoms with E-state index in [9.17, 15) is 0 Å². The van der Waals surface area contributed by atoms with Gasteiger partial charge in [0.1, 0.15) is 12.7 Å². The fourth-order valence-electron chi connectivity index (χ4n) is 3.62. The Morgan fingerprint density at radius 1 is 1.07 bits per heavy atom. The predicted molar refractivity (Wildman–Crippen MR) is 110 cm³/mol. The molecule has 3 rings (SSSR count). The van der Waals surface area contributed by atoms with Crippen LogP contribution in [-0.2, 0) is 0 Å². The first-order valence-corrected chi connectivity index (χ1v) is 10.4. The second kappa shape index (κ2) is 11.0. The quantitative estimate of drug-likeness (QED) is 0.416. The summed E-state index contributed by atoms with van der Waals surface area (Å²) in [4.78, 5) is 6.91. The average molecular weight is 375 g/mol. The van der Waals surface area contributed by atoms with Crippen molar-refractivity contribution in [3.63, 3.8) is 0 Å². The molecule has 6 nitrogen and oxygen atoms in total. The molecule has 1 aromatic carbocycles. The van der Waals surface area contributed by atoms with Crippen molar-refractivity contribution in [3.05, 3.63) is 24.3 Å². The molecule has 0 saturated carbocycles. The molecule has 1 aromatic rings. The number of nitrogens with one attached hydrogen (secondary N) is 2. The number of hydrogen-bond acceptors (Lipinski definition) is 4. The minimum Gasteiger partial charge on any atom is -0.486 e. The summed E-state index contributed by atoms with van der Waals surface area (Å²) in [6.07, 6.45) is 7.89. The Morgan fingerprint density at radius 3 is 2.70 bits per heavy atom. The number of rotatable bonds is 8. The maximum atomic E-state index is 5.97. The highest BCUT2D eigenvalue weighted by atomic mass is 16.6. The van der Waals surface area contributed by atoms with E-state index in [2.05, 4.69) is 20.5 Å². The Balaban J connectivity index is 1.25. The molecule has 1 atom stereocenters. The Kier molecular flexibility index (Phi) is 8.08. The van der Waals surface area contributed by atoms with Gasteiger partial charge in [0.15, 0.2) is 17.5 Å². The van der Waals surface area contributed by atoms with Gasteiger partial charge in [-0.3, -0.25) is 4.99 Å². The molecule has 150 valence electrons. The number of ether oxygens (including phenoxy) is 2. The van der Waals surface area contributed by atoms with Crippen molar-refractivity contribution in [2.45, 2.75) is 44.6 Å². The lowest BCUT2D eigenvalue weighted by Gasteiger charge is -2.27. The third-order valence-corrected chi connectivity index (χ3v) is 5.18. The fourth-order valence-corrected chi connectivity index (χ4v) is 3.62. The zero-order valence-corrected chi connectivity index (χ0v) is 16.6. The first-order chi connectivity index (χ1) is 13.3. The average Bonchev–Trinajstić information content (AvgIpc) is 2.73. The van der Waals surface area contributed by atoms with Crippen molar-refractivity contribution in [1.29, 1.82) is 0 Å². The van der Waals surface area contributed by atoms with E-state index in [0.29, 0.717) is 13.2 Å². The van der Waals surface area contributed by atoms with Gasteiger partial charge in [0.25, 0.3) is 0 Å². The van der Waals surface area contributed by atoms with Crippen molar-refractivity contribution in [2.24, 2.45) is 4.99 Å². The van der Waals surface area contributed by atoms with Gasteiger partial charge in [0.05, 0.1) is 6.54 Å². The van der Waals surface area contributed by atoms with E-state index in [1.165, 1.54) is 58.2 Å². The first-order valence-electron chi connectivity index (χ1n) is 10.4. The molecule has 0 bridgehead atoms.